The zero-order valence-corrected chi connectivity index (χ0v) is 12.1. The van der Waals surface area contributed by atoms with Crippen LogP contribution in [0.15, 0.2) is 18.2 Å². The van der Waals surface area contributed by atoms with Gasteiger partial charge in [0.05, 0.1) is 0 Å². The number of hydrogen-bond acceptors (Lipinski definition) is 2. The summed E-state index contributed by atoms with van der Waals surface area (Å²) in [6.07, 6.45) is 5.36. The highest BCUT2D eigenvalue weighted by Crippen LogP contribution is 2.25. The van der Waals surface area contributed by atoms with Gasteiger partial charge in [0.1, 0.15) is 0 Å². The Bertz CT molecular complexity index is 427. The van der Waals surface area contributed by atoms with Crippen LogP contribution in [-0.4, -0.2) is 24.5 Å². The van der Waals surface area contributed by atoms with Gasteiger partial charge >= 0.3 is 0 Å². The first-order valence-corrected chi connectivity index (χ1v) is 7.89. The fourth-order valence-electron chi connectivity index (χ4n) is 3.70. The molecule has 1 aromatic rings. The SMILES string of the molecule is CCCC1CCN(Cc2cccc3c2CCNC3)C1. The molecule has 0 amide bonds. The number of rotatable bonds is 4. The van der Waals surface area contributed by atoms with Crippen molar-refractivity contribution in [3.63, 3.8) is 0 Å². The van der Waals surface area contributed by atoms with Gasteiger partial charge in [-0.2, -0.15) is 0 Å². The Kier molecular flexibility index (Phi) is 4.19. The highest BCUT2D eigenvalue weighted by Gasteiger charge is 2.23. The standard InChI is InChI=1S/C17H26N2/c1-2-4-14-8-10-19(12-14)13-16-6-3-5-15-11-18-9-7-17(15)16/h3,5-6,14,18H,2,4,7-13H2,1H3. The van der Waals surface area contributed by atoms with Gasteiger partial charge in [0, 0.05) is 19.6 Å². The van der Waals surface area contributed by atoms with Crippen LogP contribution in [0.1, 0.15) is 42.9 Å². The zero-order chi connectivity index (χ0) is 13.1. The molecule has 0 saturated carbocycles. The third kappa shape index (κ3) is 3.01. The zero-order valence-electron chi connectivity index (χ0n) is 12.1. The van der Waals surface area contributed by atoms with E-state index in [1.54, 1.807) is 11.1 Å². The van der Waals surface area contributed by atoms with E-state index in [-0.39, 0.29) is 0 Å². The van der Waals surface area contributed by atoms with Crippen molar-refractivity contribution in [2.75, 3.05) is 19.6 Å². The predicted octanol–water partition coefficient (Wildman–Crippen LogP) is 2.95. The first kappa shape index (κ1) is 13.1. The van der Waals surface area contributed by atoms with Crippen LogP contribution in [0.5, 0.6) is 0 Å². The van der Waals surface area contributed by atoms with Crippen molar-refractivity contribution in [3.8, 4) is 0 Å². The molecule has 0 spiro atoms. The second-order valence-electron chi connectivity index (χ2n) is 6.16. The van der Waals surface area contributed by atoms with E-state index < -0.39 is 0 Å². The molecule has 1 saturated heterocycles. The number of nitrogens with zero attached hydrogens (tertiary/aromatic N) is 1. The summed E-state index contributed by atoms with van der Waals surface area (Å²) < 4.78 is 0. The molecule has 2 heteroatoms. The van der Waals surface area contributed by atoms with Gasteiger partial charge in [-0.25, -0.2) is 0 Å². The molecule has 19 heavy (non-hydrogen) atoms. The number of hydrogen-bond donors (Lipinski definition) is 1. The lowest BCUT2D eigenvalue weighted by Crippen LogP contribution is -2.27. The molecule has 2 nitrogen and oxygen atoms in total. The van der Waals surface area contributed by atoms with Crippen molar-refractivity contribution in [3.05, 3.63) is 34.9 Å². The van der Waals surface area contributed by atoms with Crippen LogP contribution in [0.2, 0.25) is 0 Å². The largest absolute Gasteiger partial charge is 0.312 e. The average molecular weight is 258 g/mol. The van der Waals surface area contributed by atoms with Gasteiger partial charge in [0.2, 0.25) is 0 Å². The molecule has 2 heterocycles. The van der Waals surface area contributed by atoms with Gasteiger partial charge < -0.3 is 5.32 Å². The quantitative estimate of drug-likeness (QED) is 0.893. The van der Waals surface area contributed by atoms with Gasteiger partial charge in [-0.3, -0.25) is 4.90 Å². The summed E-state index contributed by atoms with van der Waals surface area (Å²) in [6.45, 7) is 8.29. The minimum atomic E-state index is 0.950. The first-order chi connectivity index (χ1) is 9.36. The molecular weight excluding hydrogens is 232 g/mol. The van der Waals surface area contributed by atoms with E-state index >= 15 is 0 Å². The third-order valence-corrected chi connectivity index (χ3v) is 4.70. The summed E-state index contributed by atoms with van der Waals surface area (Å²) in [6, 6.07) is 6.87. The van der Waals surface area contributed by atoms with E-state index in [9.17, 15) is 0 Å². The molecule has 104 valence electrons. The molecule has 1 aromatic carbocycles. The van der Waals surface area contributed by atoms with Crippen LogP contribution in [0.3, 0.4) is 0 Å². The van der Waals surface area contributed by atoms with Crippen molar-refractivity contribution < 1.29 is 0 Å². The number of fused-ring (bicyclic) bond motifs is 1. The summed E-state index contributed by atoms with van der Waals surface area (Å²) in [7, 11) is 0. The van der Waals surface area contributed by atoms with Gasteiger partial charge in [-0.15, -0.1) is 0 Å². The molecule has 2 aliphatic rings. The lowest BCUT2D eigenvalue weighted by molar-refractivity contribution is 0.311. The highest BCUT2D eigenvalue weighted by molar-refractivity contribution is 5.37. The molecule has 0 aromatic heterocycles. The second-order valence-corrected chi connectivity index (χ2v) is 6.16. The predicted molar refractivity (Wildman–Crippen MR) is 80.1 cm³/mol. The topological polar surface area (TPSA) is 15.3 Å². The molecule has 2 aliphatic heterocycles. The summed E-state index contributed by atoms with van der Waals surface area (Å²) in [4.78, 5) is 2.66. The maximum absolute atomic E-state index is 3.47. The lowest BCUT2D eigenvalue weighted by Gasteiger charge is -2.23. The number of benzene rings is 1. The second kappa shape index (κ2) is 6.06. The number of likely N-dealkylation sites (tertiary alicyclic amines) is 1. The highest BCUT2D eigenvalue weighted by atomic mass is 15.1. The molecule has 1 atom stereocenters. The number of nitrogens with one attached hydrogen (secondary N) is 1. The van der Waals surface area contributed by atoms with Crippen LogP contribution < -0.4 is 5.32 Å². The molecule has 0 bridgehead atoms. The van der Waals surface area contributed by atoms with Gasteiger partial charge in [0.15, 0.2) is 0 Å². The Labute approximate surface area is 117 Å². The van der Waals surface area contributed by atoms with Crippen LogP contribution in [0.4, 0.5) is 0 Å². The van der Waals surface area contributed by atoms with E-state index in [1.807, 2.05) is 0 Å². The smallest absolute Gasteiger partial charge is 0.0236 e. The van der Waals surface area contributed by atoms with E-state index in [2.05, 4.69) is 35.3 Å². The van der Waals surface area contributed by atoms with E-state index in [0.29, 0.717) is 0 Å². The van der Waals surface area contributed by atoms with Crippen LogP contribution >= 0.6 is 0 Å². The van der Waals surface area contributed by atoms with E-state index in [4.69, 9.17) is 0 Å². The Morgan fingerprint density at radius 3 is 3.21 bits per heavy atom. The van der Waals surface area contributed by atoms with Gasteiger partial charge in [0.25, 0.3) is 0 Å². The molecule has 3 rings (SSSR count). The summed E-state index contributed by atoms with van der Waals surface area (Å²) >= 11 is 0. The molecule has 1 unspecified atom stereocenters. The molecule has 0 aliphatic carbocycles. The van der Waals surface area contributed by atoms with E-state index in [1.165, 1.54) is 50.9 Å². The Morgan fingerprint density at radius 2 is 2.32 bits per heavy atom. The first-order valence-electron chi connectivity index (χ1n) is 7.89. The Hall–Kier alpha value is -0.860. The monoisotopic (exact) mass is 258 g/mol. The molecule has 0 radical (unpaired) electrons. The summed E-state index contributed by atoms with van der Waals surface area (Å²) in [5.41, 5.74) is 4.73. The molecule has 1 fully saturated rings. The van der Waals surface area contributed by atoms with Crippen LogP contribution in [-0.2, 0) is 19.5 Å². The van der Waals surface area contributed by atoms with Gasteiger partial charge in [-0.1, -0.05) is 31.5 Å². The lowest BCUT2D eigenvalue weighted by atomic mass is 9.95. The van der Waals surface area contributed by atoms with Crippen molar-refractivity contribution in [2.45, 2.75) is 45.7 Å². The van der Waals surface area contributed by atoms with E-state index in [0.717, 1.165) is 19.0 Å². The van der Waals surface area contributed by atoms with Crippen molar-refractivity contribution in [1.82, 2.24) is 10.2 Å². The Balaban J connectivity index is 1.67. The molecule has 1 N–H and O–H groups in total. The minimum absolute atomic E-state index is 0.950. The third-order valence-electron chi connectivity index (χ3n) is 4.70. The van der Waals surface area contributed by atoms with Crippen molar-refractivity contribution in [1.29, 1.82) is 0 Å². The summed E-state index contributed by atoms with van der Waals surface area (Å²) in [5.74, 6) is 0.950. The maximum Gasteiger partial charge on any atom is 0.0236 e. The van der Waals surface area contributed by atoms with Crippen LogP contribution in [0, 0.1) is 5.92 Å². The Morgan fingerprint density at radius 1 is 1.37 bits per heavy atom. The normalized spacial score (nSPS) is 23.5. The summed E-state index contributed by atoms with van der Waals surface area (Å²) in [5, 5.41) is 3.47. The fourth-order valence-corrected chi connectivity index (χ4v) is 3.70. The maximum atomic E-state index is 3.47. The van der Waals surface area contributed by atoms with Crippen molar-refractivity contribution in [2.24, 2.45) is 5.92 Å². The average Bonchev–Trinajstić information content (AvgIpc) is 2.87. The van der Waals surface area contributed by atoms with Crippen LogP contribution in [0.25, 0.3) is 0 Å². The molecular formula is C17H26N2. The minimum Gasteiger partial charge on any atom is -0.312 e. The van der Waals surface area contributed by atoms with Crippen molar-refractivity contribution >= 4 is 0 Å². The van der Waals surface area contributed by atoms with Gasteiger partial charge in [-0.05, 0) is 55.0 Å². The fraction of sp³-hybridized carbons (Fsp3) is 0.647.